The largest absolute Gasteiger partial charge is 0.310 e. The van der Waals surface area contributed by atoms with Crippen molar-refractivity contribution in [3.05, 3.63) is 11.5 Å². The average Bonchev–Trinajstić information content (AvgIpc) is 2.93. The summed E-state index contributed by atoms with van der Waals surface area (Å²) in [5.74, 6) is 3.33. The Bertz CT molecular complexity index is 642. The average molecular weight is 309 g/mol. The van der Waals surface area contributed by atoms with Crippen LogP contribution in [0.3, 0.4) is 0 Å². The van der Waals surface area contributed by atoms with E-state index >= 15 is 0 Å². The van der Waals surface area contributed by atoms with Gasteiger partial charge in [0.05, 0.1) is 5.69 Å². The highest BCUT2D eigenvalue weighted by Crippen LogP contribution is 2.38. The third kappa shape index (κ3) is 2.48. The molecule has 3 atom stereocenters. The molecule has 0 saturated heterocycles. The first-order valence-corrected chi connectivity index (χ1v) is 8.52. The van der Waals surface area contributed by atoms with Crippen LogP contribution in [0.1, 0.15) is 50.7 Å². The topological polar surface area (TPSA) is 35.6 Å². The molecule has 2 aromatic heterocycles. The maximum atomic E-state index is 6.00. The molecule has 0 aromatic carbocycles. The van der Waals surface area contributed by atoms with Crippen molar-refractivity contribution in [2.45, 2.75) is 52.5 Å². The van der Waals surface area contributed by atoms with E-state index in [2.05, 4.69) is 23.5 Å². The van der Waals surface area contributed by atoms with Crippen LogP contribution in [0, 0.1) is 18.8 Å². The lowest BCUT2D eigenvalue weighted by Crippen LogP contribution is -2.25. The molecule has 1 saturated carbocycles. The van der Waals surface area contributed by atoms with Gasteiger partial charge in [0, 0.05) is 25.4 Å². The minimum atomic E-state index is 0.536. The first-order valence-electron chi connectivity index (χ1n) is 7.99. The number of fused-ring (bicyclic) bond motifs is 1. The predicted octanol–water partition coefficient (Wildman–Crippen LogP) is 3.86. The third-order valence-corrected chi connectivity index (χ3v) is 5.35. The molecule has 0 amide bonds. The van der Waals surface area contributed by atoms with E-state index in [0.717, 1.165) is 35.3 Å². The van der Waals surface area contributed by atoms with Gasteiger partial charge in [0.1, 0.15) is 11.3 Å². The molecule has 3 rings (SSSR count). The Morgan fingerprint density at radius 2 is 2.00 bits per heavy atom. The summed E-state index contributed by atoms with van der Waals surface area (Å²) in [5, 5.41) is 4.54. The van der Waals surface area contributed by atoms with Gasteiger partial charge in [-0.25, -0.2) is 4.98 Å². The lowest BCUT2D eigenvalue weighted by atomic mass is 9.79. The first-order chi connectivity index (χ1) is 10.0. The molecule has 0 bridgehead atoms. The number of halogens is 1. The number of nitrogens with zero attached hydrogens (tertiary/aromatic N) is 4. The van der Waals surface area contributed by atoms with Gasteiger partial charge in [0.15, 0.2) is 5.65 Å². The van der Waals surface area contributed by atoms with Gasteiger partial charge in [-0.3, -0.25) is 4.68 Å². The number of hydrogen-bond acceptors (Lipinski definition) is 2. The molecule has 116 valence electrons. The van der Waals surface area contributed by atoms with Crippen molar-refractivity contribution in [3.63, 3.8) is 0 Å². The van der Waals surface area contributed by atoms with Crippen molar-refractivity contribution in [1.29, 1.82) is 0 Å². The lowest BCUT2D eigenvalue weighted by Gasteiger charge is -2.33. The van der Waals surface area contributed by atoms with Crippen LogP contribution in [0.4, 0.5) is 0 Å². The molecule has 1 aliphatic carbocycles. The van der Waals surface area contributed by atoms with Gasteiger partial charge in [0.2, 0.25) is 0 Å². The van der Waals surface area contributed by atoms with Crippen LogP contribution in [0.2, 0.25) is 0 Å². The van der Waals surface area contributed by atoms with E-state index in [-0.39, 0.29) is 0 Å². The van der Waals surface area contributed by atoms with Crippen molar-refractivity contribution in [2.75, 3.05) is 5.88 Å². The lowest BCUT2D eigenvalue weighted by molar-refractivity contribution is 0.210. The minimum absolute atomic E-state index is 0.536. The fourth-order valence-electron chi connectivity index (χ4n) is 3.74. The summed E-state index contributed by atoms with van der Waals surface area (Å²) in [7, 11) is 2.02. The smallest absolute Gasteiger partial charge is 0.158 e. The summed E-state index contributed by atoms with van der Waals surface area (Å²) < 4.78 is 4.41. The first kappa shape index (κ1) is 14.9. The Morgan fingerprint density at radius 1 is 1.24 bits per heavy atom. The van der Waals surface area contributed by atoms with Crippen LogP contribution >= 0.6 is 11.6 Å². The molecular formula is C16H25ClN4. The second-order valence-electron chi connectivity index (χ2n) is 6.64. The quantitative estimate of drug-likeness (QED) is 0.807. The number of alkyl halides is 1. The Morgan fingerprint density at radius 3 is 2.67 bits per heavy atom. The second-order valence-corrected chi connectivity index (χ2v) is 7.02. The van der Waals surface area contributed by atoms with Gasteiger partial charge in [-0.1, -0.05) is 13.8 Å². The van der Waals surface area contributed by atoms with E-state index in [4.69, 9.17) is 16.6 Å². The highest BCUT2D eigenvalue weighted by Gasteiger charge is 2.29. The fraction of sp³-hybridized carbons (Fsp3) is 0.750. The summed E-state index contributed by atoms with van der Waals surface area (Å²) in [4.78, 5) is 4.84. The Kier molecular flexibility index (Phi) is 4.00. The van der Waals surface area contributed by atoms with Gasteiger partial charge in [-0.15, -0.1) is 11.6 Å². The number of aryl methyl sites for hydroxylation is 3. The highest BCUT2D eigenvalue weighted by atomic mass is 35.5. The normalized spacial score (nSPS) is 26.6. The van der Waals surface area contributed by atoms with Crippen LogP contribution in [0.15, 0.2) is 0 Å². The minimum Gasteiger partial charge on any atom is -0.310 e. The summed E-state index contributed by atoms with van der Waals surface area (Å²) in [6, 6.07) is 0.536. The van der Waals surface area contributed by atoms with Crippen LogP contribution in [-0.4, -0.2) is 25.2 Å². The van der Waals surface area contributed by atoms with Gasteiger partial charge in [-0.05, 0) is 38.0 Å². The molecule has 5 heteroatoms. The molecule has 4 nitrogen and oxygen atoms in total. The standard InChI is InChI=1S/C16H25ClN4/c1-10-5-6-13(9-11(10)2)21-14(7-8-17)18-15-12(3)19-20(4)16(15)21/h10-11,13H,5-9H2,1-4H3. The molecule has 21 heavy (non-hydrogen) atoms. The number of aromatic nitrogens is 4. The molecule has 0 spiro atoms. The SMILES string of the molecule is Cc1nn(C)c2c1nc(CCCl)n2C1CCC(C)C(C)C1. The van der Waals surface area contributed by atoms with Gasteiger partial charge < -0.3 is 4.57 Å². The summed E-state index contributed by atoms with van der Waals surface area (Å²) >= 11 is 6.00. The Labute approximate surface area is 131 Å². The molecule has 2 aromatic rings. The zero-order valence-corrected chi connectivity index (χ0v) is 14.2. The van der Waals surface area contributed by atoms with E-state index in [1.807, 2.05) is 18.7 Å². The number of hydrogen-bond donors (Lipinski definition) is 0. The zero-order valence-electron chi connectivity index (χ0n) is 13.4. The monoisotopic (exact) mass is 308 g/mol. The Hall–Kier alpha value is -1.03. The molecule has 1 fully saturated rings. The molecule has 0 radical (unpaired) electrons. The Balaban J connectivity index is 2.08. The molecule has 0 N–H and O–H groups in total. The molecular weight excluding hydrogens is 284 g/mol. The summed E-state index contributed by atoms with van der Waals surface area (Å²) in [5.41, 5.74) is 3.22. The third-order valence-electron chi connectivity index (χ3n) is 5.16. The van der Waals surface area contributed by atoms with Gasteiger partial charge >= 0.3 is 0 Å². The van der Waals surface area contributed by atoms with E-state index in [0.29, 0.717) is 11.9 Å². The van der Waals surface area contributed by atoms with Gasteiger partial charge in [-0.2, -0.15) is 5.10 Å². The van der Waals surface area contributed by atoms with E-state index < -0.39 is 0 Å². The second kappa shape index (κ2) is 5.64. The van der Waals surface area contributed by atoms with Crippen LogP contribution in [-0.2, 0) is 13.5 Å². The molecule has 2 heterocycles. The number of rotatable bonds is 3. The molecule has 1 aliphatic rings. The van der Waals surface area contributed by atoms with Crippen molar-refractivity contribution in [1.82, 2.24) is 19.3 Å². The van der Waals surface area contributed by atoms with Crippen LogP contribution in [0.25, 0.3) is 11.2 Å². The van der Waals surface area contributed by atoms with E-state index in [9.17, 15) is 0 Å². The summed E-state index contributed by atoms with van der Waals surface area (Å²) in [6.45, 7) is 6.79. The van der Waals surface area contributed by atoms with Crippen molar-refractivity contribution in [3.8, 4) is 0 Å². The molecule has 0 aliphatic heterocycles. The van der Waals surface area contributed by atoms with Crippen molar-refractivity contribution < 1.29 is 0 Å². The number of imidazole rings is 1. The zero-order chi connectivity index (χ0) is 15.1. The highest BCUT2D eigenvalue weighted by molar-refractivity contribution is 6.17. The maximum Gasteiger partial charge on any atom is 0.158 e. The molecule has 3 unspecified atom stereocenters. The van der Waals surface area contributed by atoms with Crippen molar-refractivity contribution in [2.24, 2.45) is 18.9 Å². The van der Waals surface area contributed by atoms with E-state index in [1.54, 1.807) is 0 Å². The van der Waals surface area contributed by atoms with Gasteiger partial charge in [0.25, 0.3) is 0 Å². The predicted molar refractivity (Wildman–Crippen MR) is 86.9 cm³/mol. The van der Waals surface area contributed by atoms with Crippen molar-refractivity contribution >= 4 is 22.8 Å². The van der Waals surface area contributed by atoms with Crippen LogP contribution in [0.5, 0.6) is 0 Å². The van der Waals surface area contributed by atoms with E-state index in [1.165, 1.54) is 24.9 Å². The van der Waals surface area contributed by atoms with Crippen LogP contribution < -0.4 is 0 Å². The maximum absolute atomic E-state index is 6.00. The summed E-state index contributed by atoms with van der Waals surface area (Å²) in [6.07, 6.45) is 4.58. The fourth-order valence-corrected chi connectivity index (χ4v) is 3.91.